The second-order valence-corrected chi connectivity index (χ2v) is 5.73. The number of nitrogens with zero attached hydrogens (tertiary/aromatic N) is 2. The quantitative estimate of drug-likeness (QED) is 0.791. The van der Waals surface area contributed by atoms with Crippen LogP contribution in [0.5, 0.6) is 0 Å². The third kappa shape index (κ3) is 1.84. The fourth-order valence-corrected chi connectivity index (χ4v) is 2.68. The lowest BCUT2D eigenvalue weighted by atomic mass is 9.77. The minimum absolute atomic E-state index is 0.506. The van der Waals surface area contributed by atoms with Crippen molar-refractivity contribution in [3.05, 3.63) is 22.8 Å². The zero-order valence-corrected chi connectivity index (χ0v) is 10.7. The van der Waals surface area contributed by atoms with E-state index in [9.17, 15) is 0 Å². The first-order chi connectivity index (χ1) is 7.77. The number of aromatic nitrogens is 1. The van der Waals surface area contributed by atoms with Crippen molar-refractivity contribution < 1.29 is 4.74 Å². The smallest absolute Gasteiger partial charge is 0.128 e. The van der Waals surface area contributed by atoms with Gasteiger partial charge in [0.1, 0.15) is 5.82 Å². The lowest BCUT2D eigenvalue weighted by Gasteiger charge is -2.47. The van der Waals surface area contributed by atoms with Gasteiger partial charge in [-0.15, -0.1) is 0 Å². The number of hydrogen-bond acceptors (Lipinski definition) is 3. The molecule has 0 saturated carbocycles. The van der Waals surface area contributed by atoms with Crippen LogP contribution < -0.4 is 4.90 Å². The molecule has 3 nitrogen and oxygen atoms in total. The highest BCUT2D eigenvalue weighted by Gasteiger charge is 2.41. The van der Waals surface area contributed by atoms with Crippen LogP contribution in [0.4, 0.5) is 5.82 Å². The van der Waals surface area contributed by atoms with E-state index >= 15 is 0 Å². The third-order valence-corrected chi connectivity index (χ3v) is 4.15. The highest BCUT2D eigenvalue weighted by atomic mass is 79.9. The van der Waals surface area contributed by atoms with Crippen LogP contribution in [0.15, 0.2) is 22.8 Å². The molecule has 0 aliphatic carbocycles. The van der Waals surface area contributed by atoms with E-state index in [0.29, 0.717) is 5.41 Å². The van der Waals surface area contributed by atoms with Crippen molar-refractivity contribution in [2.24, 2.45) is 5.41 Å². The number of ether oxygens (including phenoxy) is 1. The van der Waals surface area contributed by atoms with Gasteiger partial charge in [-0.2, -0.15) is 0 Å². The summed E-state index contributed by atoms with van der Waals surface area (Å²) < 4.78 is 6.37. The minimum atomic E-state index is 0.506. The van der Waals surface area contributed by atoms with Crippen molar-refractivity contribution in [3.63, 3.8) is 0 Å². The molecule has 0 radical (unpaired) electrons. The predicted octanol–water partition coefficient (Wildman–Crippen LogP) is 2.46. The molecular weight excluding hydrogens is 268 g/mol. The molecule has 3 heterocycles. The molecule has 0 aromatic carbocycles. The first-order valence-corrected chi connectivity index (χ1v) is 6.51. The number of piperidine rings is 1. The van der Waals surface area contributed by atoms with Gasteiger partial charge in [-0.3, -0.25) is 0 Å². The van der Waals surface area contributed by atoms with Crippen LogP contribution in [0, 0.1) is 5.41 Å². The van der Waals surface area contributed by atoms with E-state index in [2.05, 4.69) is 37.9 Å². The molecule has 0 unspecified atom stereocenters. The SMILES string of the molecule is Brc1ccc(N2CCC3(CC2)COC3)nc1. The molecule has 1 spiro atoms. The fourth-order valence-electron chi connectivity index (χ4n) is 2.44. The fraction of sp³-hybridized carbons (Fsp3) is 0.583. The molecule has 0 amide bonds. The number of halogens is 1. The second kappa shape index (κ2) is 4.00. The summed E-state index contributed by atoms with van der Waals surface area (Å²) in [6, 6.07) is 4.14. The van der Waals surface area contributed by atoms with Crippen LogP contribution in [0.3, 0.4) is 0 Å². The summed E-state index contributed by atoms with van der Waals surface area (Å²) in [6.45, 7) is 4.15. The first kappa shape index (κ1) is 10.5. The van der Waals surface area contributed by atoms with Crippen molar-refractivity contribution in [2.45, 2.75) is 12.8 Å². The topological polar surface area (TPSA) is 25.4 Å². The Morgan fingerprint density at radius 1 is 1.25 bits per heavy atom. The number of rotatable bonds is 1. The zero-order valence-electron chi connectivity index (χ0n) is 9.16. The van der Waals surface area contributed by atoms with Crippen molar-refractivity contribution in [1.82, 2.24) is 4.98 Å². The molecule has 4 heteroatoms. The first-order valence-electron chi connectivity index (χ1n) is 5.72. The molecule has 2 aliphatic heterocycles. The van der Waals surface area contributed by atoms with Crippen LogP contribution in [-0.4, -0.2) is 31.3 Å². The summed E-state index contributed by atoms with van der Waals surface area (Å²) in [6.07, 6.45) is 4.35. The molecule has 0 atom stereocenters. The van der Waals surface area contributed by atoms with E-state index in [0.717, 1.165) is 36.6 Å². The molecule has 1 aromatic heterocycles. The Morgan fingerprint density at radius 2 is 2.00 bits per heavy atom. The van der Waals surface area contributed by atoms with E-state index in [1.807, 2.05) is 6.20 Å². The van der Waals surface area contributed by atoms with E-state index in [1.54, 1.807) is 0 Å². The molecule has 3 rings (SSSR count). The third-order valence-electron chi connectivity index (χ3n) is 3.68. The van der Waals surface area contributed by atoms with Crippen molar-refractivity contribution in [2.75, 3.05) is 31.2 Å². The van der Waals surface area contributed by atoms with Gasteiger partial charge in [-0.1, -0.05) is 0 Å². The summed E-state index contributed by atoms with van der Waals surface area (Å²) in [7, 11) is 0. The zero-order chi connectivity index (χ0) is 11.0. The van der Waals surface area contributed by atoms with Gasteiger partial charge in [0.15, 0.2) is 0 Å². The molecule has 16 heavy (non-hydrogen) atoms. The van der Waals surface area contributed by atoms with Crippen LogP contribution in [0.1, 0.15) is 12.8 Å². The van der Waals surface area contributed by atoms with Crippen LogP contribution in [0.2, 0.25) is 0 Å². The van der Waals surface area contributed by atoms with Crippen molar-refractivity contribution in [3.8, 4) is 0 Å². The average molecular weight is 283 g/mol. The van der Waals surface area contributed by atoms with E-state index in [4.69, 9.17) is 4.74 Å². The second-order valence-electron chi connectivity index (χ2n) is 4.81. The van der Waals surface area contributed by atoms with Crippen LogP contribution in [-0.2, 0) is 4.74 Å². The molecular formula is C12H15BrN2O. The maximum absolute atomic E-state index is 5.33. The average Bonchev–Trinajstić information content (AvgIpc) is 2.28. The summed E-state index contributed by atoms with van der Waals surface area (Å²) in [4.78, 5) is 6.81. The molecule has 2 aliphatic rings. The number of hydrogen-bond donors (Lipinski definition) is 0. The van der Waals surface area contributed by atoms with Gasteiger partial charge in [0.2, 0.25) is 0 Å². The van der Waals surface area contributed by atoms with Gasteiger partial charge in [-0.05, 0) is 40.9 Å². The van der Waals surface area contributed by atoms with Gasteiger partial charge >= 0.3 is 0 Å². The van der Waals surface area contributed by atoms with Gasteiger partial charge in [-0.25, -0.2) is 4.98 Å². The van der Waals surface area contributed by atoms with Crippen molar-refractivity contribution in [1.29, 1.82) is 0 Å². The molecule has 2 fully saturated rings. The van der Waals surface area contributed by atoms with Gasteiger partial charge in [0, 0.05) is 29.2 Å². The Kier molecular flexibility index (Phi) is 2.64. The molecule has 0 N–H and O–H groups in total. The van der Waals surface area contributed by atoms with Gasteiger partial charge in [0.25, 0.3) is 0 Å². The normalized spacial score (nSPS) is 23.2. The minimum Gasteiger partial charge on any atom is -0.380 e. The Bertz CT molecular complexity index is 365. The van der Waals surface area contributed by atoms with E-state index < -0.39 is 0 Å². The molecule has 2 saturated heterocycles. The molecule has 1 aromatic rings. The largest absolute Gasteiger partial charge is 0.380 e. The van der Waals surface area contributed by atoms with Crippen molar-refractivity contribution >= 4 is 21.7 Å². The maximum Gasteiger partial charge on any atom is 0.128 e. The number of pyridine rings is 1. The standard InChI is InChI=1S/C12H15BrN2O/c13-10-1-2-11(14-7-10)15-5-3-12(4-6-15)8-16-9-12/h1-2,7H,3-6,8-9H2. The number of anilines is 1. The van der Waals surface area contributed by atoms with E-state index in [1.165, 1.54) is 12.8 Å². The highest BCUT2D eigenvalue weighted by molar-refractivity contribution is 9.10. The van der Waals surface area contributed by atoms with Gasteiger partial charge in [0.05, 0.1) is 13.2 Å². The molecule has 86 valence electrons. The Labute approximate surface area is 104 Å². The maximum atomic E-state index is 5.33. The molecule has 0 bridgehead atoms. The Balaban J connectivity index is 1.67. The monoisotopic (exact) mass is 282 g/mol. The summed E-state index contributed by atoms with van der Waals surface area (Å²) >= 11 is 3.41. The Morgan fingerprint density at radius 3 is 2.50 bits per heavy atom. The van der Waals surface area contributed by atoms with E-state index in [-0.39, 0.29) is 0 Å². The summed E-state index contributed by atoms with van der Waals surface area (Å²) in [5, 5.41) is 0. The summed E-state index contributed by atoms with van der Waals surface area (Å²) in [5.74, 6) is 1.10. The highest BCUT2D eigenvalue weighted by Crippen LogP contribution is 2.39. The van der Waals surface area contributed by atoms with Crippen LogP contribution >= 0.6 is 15.9 Å². The lowest BCUT2D eigenvalue weighted by molar-refractivity contribution is -0.124. The lowest BCUT2D eigenvalue weighted by Crippen LogP contribution is -2.51. The van der Waals surface area contributed by atoms with Gasteiger partial charge < -0.3 is 9.64 Å². The Hall–Kier alpha value is -0.610. The summed E-state index contributed by atoms with van der Waals surface area (Å²) in [5.41, 5.74) is 0.506. The predicted molar refractivity (Wildman–Crippen MR) is 66.6 cm³/mol. The van der Waals surface area contributed by atoms with Crippen LogP contribution in [0.25, 0.3) is 0 Å².